The van der Waals surface area contributed by atoms with Crippen LogP contribution in [0.3, 0.4) is 0 Å². The van der Waals surface area contributed by atoms with Gasteiger partial charge in [0.2, 0.25) is 0 Å². The van der Waals surface area contributed by atoms with Gasteiger partial charge >= 0.3 is 5.97 Å². The molecule has 8 nitrogen and oxygen atoms in total. The maximum absolute atomic E-state index is 12.3. The summed E-state index contributed by atoms with van der Waals surface area (Å²) >= 11 is 1.67. The van der Waals surface area contributed by atoms with Crippen LogP contribution in [0.5, 0.6) is 0 Å². The van der Waals surface area contributed by atoms with Crippen molar-refractivity contribution in [1.82, 2.24) is 14.8 Å². The zero-order valence-corrected chi connectivity index (χ0v) is 21.2. The molecule has 0 amide bonds. The van der Waals surface area contributed by atoms with Gasteiger partial charge in [-0.1, -0.05) is 18.2 Å². The number of methoxy groups -OCH3 is 1. The molecule has 5 rings (SSSR count). The number of carbonyl (C=O) groups is 1. The Hall–Kier alpha value is -4.29. The lowest BCUT2D eigenvalue weighted by Gasteiger charge is -2.12. The number of hydrogen-bond donors (Lipinski definition) is 1. The molecule has 9 heteroatoms. The maximum Gasteiger partial charge on any atom is 0.308 e. The van der Waals surface area contributed by atoms with Gasteiger partial charge in [0.05, 0.1) is 30.9 Å². The molecule has 180 valence electrons. The molecule has 0 spiro atoms. The number of nitriles is 1. The van der Waals surface area contributed by atoms with E-state index in [0.29, 0.717) is 11.4 Å². The Bertz CT molecular complexity index is 1540. The summed E-state index contributed by atoms with van der Waals surface area (Å²) in [6.07, 6.45) is 0.0694. The molecule has 1 N–H and O–H groups in total. The summed E-state index contributed by atoms with van der Waals surface area (Å²) in [6, 6.07) is 17.0. The second-order valence-electron chi connectivity index (χ2n) is 8.57. The van der Waals surface area contributed by atoms with E-state index in [1.165, 1.54) is 12.0 Å². The maximum atomic E-state index is 12.3. The fourth-order valence-electron chi connectivity index (χ4n) is 4.31. The molecule has 3 heterocycles. The quantitative estimate of drug-likeness (QED) is 0.375. The predicted octanol–water partition coefficient (Wildman–Crippen LogP) is 5.32. The number of ether oxygens (including phenoxy) is 1. The lowest BCUT2D eigenvalue weighted by atomic mass is 9.99. The van der Waals surface area contributed by atoms with Crippen molar-refractivity contribution >= 4 is 34.4 Å². The first-order chi connectivity index (χ1) is 17.4. The summed E-state index contributed by atoms with van der Waals surface area (Å²) < 4.78 is 6.97. The Morgan fingerprint density at radius 1 is 1.14 bits per heavy atom. The highest BCUT2D eigenvalue weighted by Crippen LogP contribution is 2.39. The Balaban J connectivity index is 1.59. The summed E-state index contributed by atoms with van der Waals surface area (Å²) in [5, 5.41) is 22.2. The van der Waals surface area contributed by atoms with Gasteiger partial charge in [-0.3, -0.25) is 14.4 Å². The van der Waals surface area contributed by atoms with Gasteiger partial charge in [-0.15, -0.1) is 21.5 Å². The van der Waals surface area contributed by atoms with Crippen LogP contribution in [0.1, 0.15) is 51.2 Å². The molecule has 1 aliphatic rings. The average Bonchev–Trinajstić information content (AvgIpc) is 3.36. The SMILES string of the molecule is COC(=O)C[C@@H]1N=C(c2ccc(Nc3cccc(C#N)c3)cc2)c2c(sc(C)c2C)-n2c(C)nnc21. The van der Waals surface area contributed by atoms with Crippen molar-refractivity contribution in [2.45, 2.75) is 33.2 Å². The summed E-state index contributed by atoms with van der Waals surface area (Å²) in [6.45, 7) is 6.10. The van der Waals surface area contributed by atoms with E-state index in [9.17, 15) is 4.79 Å². The minimum atomic E-state index is -0.528. The van der Waals surface area contributed by atoms with E-state index in [0.717, 1.165) is 44.6 Å². The van der Waals surface area contributed by atoms with Crippen LogP contribution in [0.15, 0.2) is 53.5 Å². The predicted molar refractivity (Wildman–Crippen MR) is 139 cm³/mol. The highest BCUT2D eigenvalue weighted by molar-refractivity contribution is 7.15. The van der Waals surface area contributed by atoms with Crippen molar-refractivity contribution in [3.8, 4) is 11.1 Å². The van der Waals surface area contributed by atoms with E-state index in [4.69, 9.17) is 15.0 Å². The molecular formula is C27H24N6O2S. The number of nitrogens with one attached hydrogen (secondary N) is 1. The number of esters is 1. The Morgan fingerprint density at radius 2 is 1.92 bits per heavy atom. The molecule has 0 saturated carbocycles. The zero-order valence-electron chi connectivity index (χ0n) is 20.4. The van der Waals surface area contributed by atoms with Crippen LogP contribution in [0, 0.1) is 32.1 Å². The van der Waals surface area contributed by atoms with E-state index in [-0.39, 0.29) is 12.4 Å². The van der Waals surface area contributed by atoms with Crippen molar-refractivity contribution in [3.63, 3.8) is 0 Å². The monoisotopic (exact) mass is 496 g/mol. The van der Waals surface area contributed by atoms with E-state index < -0.39 is 6.04 Å². The number of anilines is 2. The van der Waals surface area contributed by atoms with Gasteiger partial charge in [0, 0.05) is 27.4 Å². The number of carbonyl (C=O) groups excluding carboxylic acids is 1. The highest BCUT2D eigenvalue weighted by Gasteiger charge is 2.32. The van der Waals surface area contributed by atoms with Crippen molar-refractivity contribution < 1.29 is 9.53 Å². The molecule has 0 aliphatic carbocycles. The molecule has 0 fully saturated rings. The smallest absolute Gasteiger partial charge is 0.308 e. The summed E-state index contributed by atoms with van der Waals surface area (Å²) in [5.41, 5.74) is 6.23. The van der Waals surface area contributed by atoms with Crippen molar-refractivity contribution in [1.29, 1.82) is 5.26 Å². The number of benzene rings is 2. The van der Waals surface area contributed by atoms with Crippen LogP contribution in [0.4, 0.5) is 11.4 Å². The van der Waals surface area contributed by atoms with Crippen LogP contribution in [0.2, 0.25) is 0 Å². The van der Waals surface area contributed by atoms with Crippen molar-refractivity contribution in [2.24, 2.45) is 4.99 Å². The lowest BCUT2D eigenvalue weighted by Crippen LogP contribution is -2.12. The van der Waals surface area contributed by atoms with Crippen molar-refractivity contribution in [2.75, 3.05) is 12.4 Å². The average molecular weight is 497 g/mol. The third-order valence-electron chi connectivity index (χ3n) is 6.27. The topological polar surface area (TPSA) is 105 Å². The molecule has 36 heavy (non-hydrogen) atoms. The fraction of sp³-hybridized carbons (Fsp3) is 0.222. The fourth-order valence-corrected chi connectivity index (χ4v) is 5.52. The minimum absolute atomic E-state index is 0.0694. The Morgan fingerprint density at radius 3 is 2.64 bits per heavy atom. The van der Waals surface area contributed by atoms with E-state index in [2.05, 4.69) is 35.4 Å². The van der Waals surface area contributed by atoms with E-state index >= 15 is 0 Å². The number of rotatable bonds is 5. The number of fused-ring (bicyclic) bond motifs is 3. The number of aryl methyl sites for hydroxylation is 2. The third kappa shape index (κ3) is 4.16. The molecule has 2 aromatic heterocycles. The molecular weight excluding hydrogens is 472 g/mol. The van der Waals surface area contributed by atoms with Crippen molar-refractivity contribution in [3.05, 3.63) is 87.3 Å². The molecule has 1 atom stereocenters. The molecule has 1 aliphatic heterocycles. The number of aromatic nitrogens is 3. The minimum Gasteiger partial charge on any atom is -0.469 e. The van der Waals surface area contributed by atoms with Crippen LogP contribution in [0.25, 0.3) is 5.00 Å². The summed E-state index contributed by atoms with van der Waals surface area (Å²) in [4.78, 5) is 18.5. The van der Waals surface area contributed by atoms with E-state index in [1.54, 1.807) is 17.4 Å². The largest absolute Gasteiger partial charge is 0.469 e. The molecule has 4 aromatic rings. The second kappa shape index (κ2) is 9.40. The number of hydrogen-bond acceptors (Lipinski definition) is 8. The van der Waals surface area contributed by atoms with Gasteiger partial charge in [-0.05, 0) is 56.7 Å². The van der Waals surface area contributed by atoms with Crippen LogP contribution in [-0.2, 0) is 9.53 Å². The lowest BCUT2D eigenvalue weighted by molar-refractivity contribution is -0.141. The first-order valence-corrected chi connectivity index (χ1v) is 12.3. The van der Waals surface area contributed by atoms with Crippen LogP contribution in [-0.4, -0.2) is 33.6 Å². The zero-order chi connectivity index (χ0) is 25.4. The Labute approximate surface area is 212 Å². The van der Waals surface area contributed by atoms with Crippen LogP contribution < -0.4 is 5.32 Å². The van der Waals surface area contributed by atoms with E-state index in [1.807, 2.05) is 54.0 Å². The first-order valence-electron chi connectivity index (χ1n) is 11.4. The molecule has 2 aromatic carbocycles. The third-order valence-corrected chi connectivity index (χ3v) is 7.46. The number of nitrogens with zero attached hydrogens (tertiary/aromatic N) is 5. The van der Waals surface area contributed by atoms with Gasteiger partial charge in [-0.2, -0.15) is 5.26 Å². The van der Waals surface area contributed by atoms with Gasteiger partial charge in [0.25, 0.3) is 0 Å². The van der Waals surface area contributed by atoms with Gasteiger partial charge in [-0.25, -0.2) is 0 Å². The highest BCUT2D eigenvalue weighted by atomic mass is 32.1. The van der Waals surface area contributed by atoms with Gasteiger partial charge in [0.1, 0.15) is 16.9 Å². The summed E-state index contributed by atoms with van der Waals surface area (Å²) in [7, 11) is 1.38. The molecule has 0 unspecified atom stereocenters. The Kier molecular flexibility index (Phi) is 6.12. The number of aliphatic imine (C=N–C) groups is 1. The summed E-state index contributed by atoms with van der Waals surface area (Å²) in [5.74, 6) is 1.02. The number of thiophene rings is 1. The standard InChI is InChI=1S/C27H24N6O2S/c1-15-16(2)36-27-24(15)25(30-22(13-23(34)35-4)26-32-31-17(3)33(26)27)19-8-10-20(11-9-19)29-21-7-5-6-18(12-21)14-28/h5-12,22,29H,13H2,1-4H3/t22-/m0/s1. The van der Waals surface area contributed by atoms with Gasteiger partial charge in [0.15, 0.2) is 5.82 Å². The second-order valence-corrected chi connectivity index (χ2v) is 9.78. The first kappa shape index (κ1) is 23.5. The molecule has 0 bridgehead atoms. The van der Waals surface area contributed by atoms with Crippen LogP contribution >= 0.6 is 11.3 Å². The normalized spacial score (nSPS) is 14.2. The molecule has 0 saturated heterocycles. The molecule has 0 radical (unpaired) electrons. The van der Waals surface area contributed by atoms with Gasteiger partial charge < -0.3 is 10.1 Å².